The fourth-order valence-corrected chi connectivity index (χ4v) is 0.984. The minimum atomic E-state index is -0.532. The summed E-state index contributed by atoms with van der Waals surface area (Å²) in [6, 6.07) is 0. The summed E-state index contributed by atoms with van der Waals surface area (Å²) in [5.41, 5.74) is 0. The maximum atomic E-state index is 8.81. The average molecular weight is 170 g/mol. The summed E-state index contributed by atoms with van der Waals surface area (Å²) >= 11 is 0. The molecule has 1 N–H and O–H groups in total. The third kappa shape index (κ3) is 3.72. The van der Waals surface area contributed by atoms with Crippen molar-refractivity contribution in [3.63, 3.8) is 0 Å². The molecule has 0 aromatic heterocycles. The Labute approximate surface area is 72.7 Å². The minimum Gasteiger partial charge on any atom is -0.381 e. The first-order valence-electron chi connectivity index (χ1n) is 4.18. The maximum Gasteiger partial charge on any atom is 0.158 e. The lowest BCUT2D eigenvalue weighted by molar-refractivity contribution is -0.0454. The van der Waals surface area contributed by atoms with Gasteiger partial charge in [0.15, 0.2) is 6.29 Å². The van der Waals surface area contributed by atoms with Gasteiger partial charge in [0.1, 0.15) is 6.10 Å². The molecule has 1 rings (SSSR count). The Hall–Kier alpha value is -0.560. The zero-order valence-corrected chi connectivity index (χ0v) is 7.25. The molecule has 68 valence electrons. The van der Waals surface area contributed by atoms with Gasteiger partial charge >= 0.3 is 0 Å². The molecule has 0 spiro atoms. The lowest BCUT2D eigenvalue weighted by Crippen LogP contribution is -2.06. The number of rotatable bonds is 2. The van der Waals surface area contributed by atoms with Crippen LogP contribution >= 0.6 is 0 Å². The standard InChI is InChI=1S/C9H14O3/c1-8(10)4-2-3-5-9-11-6-7-12-9/h8-10H,3,5-7H2,1H3. The number of hydrogen-bond acceptors (Lipinski definition) is 3. The van der Waals surface area contributed by atoms with Gasteiger partial charge in [-0.25, -0.2) is 0 Å². The SMILES string of the molecule is CC(O)C#CCCC1OCCO1. The van der Waals surface area contributed by atoms with E-state index in [9.17, 15) is 0 Å². The van der Waals surface area contributed by atoms with Crippen LogP contribution in [0.3, 0.4) is 0 Å². The van der Waals surface area contributed by atoms with Gasteiger partial charge in [-0.15, -0.1) is 5.92 Å². The molecular weight excluding hydrogens is 156 g/mol. The minimum absolute atomic E-state index is 0.0756. The Balaban J connectivity index is 2.06. The lowest BCUT2D eigenvalue weighted by Gasteiger charge is -2.04. The normalized spacial score (nSPS) is 20.2. The van der Waals surface area contributed by atoms with Gasteiger partial charge in [0.05, 0.1) is 13.2 Å². The van der Waals surface area contributed by atoms with Gasteiger partial charge in [-0.2, -0.15) is 0 Å². The molecule has 12 heavy (non-hydrogen) atoms. The van der Waals surface area contributed by atoms with Crippen LogP contribution < -0.4 is 0 Å². The van der Waals surface area contributed by atoms with Gasteiger partial charge in [0.25, 0.3) is 0 Å². The highest BCUT2D eigenvalue weighted by atomic mass is 16.7. The molecule has 1 atom stereocenters. The van der Waals surface area contributed by atoms with Crippen molar-refractivity contribution in [3.8, 4) is 11.8 Å². The second kappa shape index (κ2) is 5.15. The van der Waals surface area contributed by atoms with E-state index in [1.54, 1.807) is 6.92 Å². The molecule has 0 amide bonds. The molecule has 0 radical (unpaired) electrons. The van der Waals surface area contributed by atoms with Crippen LogP contribution in [0.1, 0.15) is 19.8 Å². The van der Waals surface area contributed by atoms with Crippen LogP contribution in [0.2, 0.25) is 0 Å². The van der Waals surface area contributed by atoms with Crippen LogP contribution in [0, 0.1) is 11.8 Å². The second-order valence-electron chi connectivity index (χ2n) is 2.71. The molecule has 1 fully saturated rings. The van der Waals surface area contributed by atoms with Crippen molar-refractivity contribution in [2.75, 3.05) is 13.2 Å². The fourth-order valence-electron chi connectivity index (χ4n) is 0.984. The van der Waals surface area contributed by atoms with Crippen molar-refractivity contribution in [2.24, 2.45) is 0 Å². The van der Waals surface area contributed by atoms with Crippen LogP contribution in [0.15, 0.2) is 0 Å². The number of aliphatic hydroxyl groups excluding tert-OH is 1. The Morgan fingerprint density at radius 1 is 1.50 bits per heavy atom. The number of hydrogen-bond donors (Lipinski definition) is 1. The Bertz CT molecular complexity index is 172. The molecule has 3 nitrogen and oxygen atoms in total. The van der Waals surface area contributed by atoms with E-state index in [-0.39, 0.29) is 6.29 Å². The van der Waals surface area contributed by atoms with Crippen molar-refractivity contribution in [2.45, 2.75) is 32.2 Å². The first-order valence-corrected chi connectivity index (χ1v) is 4.18. The molecule has 0 saturated carbocycles. The Kier molecular flexibility index (Phi) is 4.09. The average Bonchev–Trinajstić information content (AvgIpc) is 2.49. The van der Waals surface area contributed by atoms with E-state index in [0.717, 1.165) is 12.8 Å². The van der Waals surface area contributed by atoms with Crippen molar-refractivity contribution in [3.05, 3.63) is 0 Å². The van der Waals surface area contributed by atoms with Crippen molar-refractivity contribution in [1.29, 1.82) is 0 Å². The molecule has 0 aliphatic carbocycles. The monoisotopic (exact) mass is 170 g/mol. The second-order valence-corrected chi connectivity index (χ2v) is 2.71. The molecule has 0 aromatic carbocycles. The molecule has 1 unspecified atom stereocenters. The van der Waals surface area contributed by atoms with E-state index >= 15 is 0 Å². The first kappa shape index (κ1) is 9.53. The van der Waals surface area contributed by atoms with Gasteiger partial charge < -0.3 is 14.6 Å². The van der Waals surface area contributed by atoms with Gasteiger partial charge in [0.2, 0.25) is 0 Å². The Morgan fingerprint density at radius 3 is 2.75 bits per heavy atom. The summed E-state index contributed by atoms with van der Waals surface area (Å²) in [5, 5.41) is 8.81. The quantitative estimate of drug-likeness (QED) is 0.614. The molecule has 1 saturated heterocycles. The zero-order valence-electron chi connectivity index (χ0n) is 7.25. The maximum absolute atomic E-state index is 8.81. The lowest BCUT2D eigenvalue weighted by atomic mass is 10.3. The fraction of sp³-hybridized carbons (Fsp3) is 0.778. The van der Waals surface area contributed by atoms with E-state index in [0.29, 0.717) is 13.2 Å². The van der Waals surface area contributed by atoms with Crippen LogP contribution in [-0.4, -0.2) is 30.7 Å². The highest BCUT2D eigenvalue weighted by Crippen LogP contribution is 2.08. The largest absolute Gasteiger partial charge is 0.381 e. The van der Waals surface area contributed by atoms with Crippen LogP contribution in [0.25, 0.3) is 0 Å². The van der Waals surface area contributed by atoms with E-state index in [2.05, 4.69) is 11.8 Å². The molecule has 1 heterocycles. The van der Waals surface area contributed by atoms with Crippen molar-refractivity contribution >= 4 is 0 Å². The van der Waals surface area contributed by atoms with Gasteiger partial charge in [-0.05, 0) is 6.92 Å². The van der Waals surface area contributed by atoms with Crippen LogP contribution in [0.4, 0.5) is 0 Å². The molecule has 1 aliphatic heterocycles. The van der Waals surface area contributed by atoms with Crippen LogP contribution in [0.5, 0.6) is 0 Å². The summed E-state index contributed by atoms with van der Waals surface area (Å²) in [6.45, 7) is 3.03. The summed E-state index contributed by atoms with van der Waals surface area (Å²) in [4.78, 5) is 0. The van der Waals surface area contributed by atoms with Gasteiger partial charge in [-0.1, -0.05) is 5.92 Å². The van der Waals surface area contributed by atoms with Gasteiger partial charge in [0, 0.05) is 12.8 Å². The first-order chi connectivity index (χ1) is 5.79. The predicted octanol–water partition coefficient (Wildman–Crippen LogP) is 0.524. The van der Waals surface area contributed by atoms with E-state index in [1.807, 2.05) is 0 Å². The molecule has 0 aromatic rings. The highest BCUT2D eigenvalue weighted by molar-refractivity contribution is 5.02. The van der Waals surface area contributed by atoms with Gasteiger partial charge in [-0.3, -0.25) is 0 Å². The molecular formula is C9H14O3. The smallest absolute Gasteiger partial charge is 0.158 e. The van der Waals surface area contributed by atoms with Crippen molar-refractivity contribution < 1.29 is 14.6 Å². The third-order valence-corrected chi connectivity index (χ3v) is 1.51. The van der Waals surface area contributed by atoms with Crippen molar-refractivity contribution in [1.82, 2.24) is 0 Å². The Morgan fingerprint density at radius 2 is 2.17 bits per heavy atom. The predicted molar refractivity (Wildman–Crippen MR) is 44.4 cm³/mol. The molecule has 3 heteroatoms. The third-order valence-electron chi connectivity index (χ3n) is 1.51. The van der Waals surface area contributed by atoms with E-state index < -0.39 is 6.10 Å². The van der Waals surface area contributed by atoms with E-state index in [4.69, 9.17) is 14.6 Å². The molecule has 1 aliphatic rings. The zero-order chi connectivity index (χ0) is 8.81. The topological polar surface area (TPSA) is 38.7 Å². The van der Waals surface area contributed by atoms with E-state index in [1.165, 1.54) is 0 Å². The number of aliphatic hydroxyl groups is 1. The number of ether oxygens (including phenoxy) is 2. The van der Waals surface area contributed by atoms with Crippen LogP contribution in [-0.2, 0) is 9.47 Å². The summed E-state index contributed by atoms with van der Waals surface area (Å²) in [6.07, 6.45) is 0.902. The summed E-state index contributed by atoms with van der Waals surface area (Å²) in [7, 11) is 0. The molecule has 0 bridgehead atoms. The summed E-state index contributed by atoms with van der Waals surface area (Å²) < 4.78 is 10.4. The highest BCUT2D eigenvalue weighted by Gasteiger charge is 2.13. The summed E-state index contributed by atoms with van der Waals surface area (Å²) in [5.74, 6) is 5.52.